The van der Waals surface area contributed by atoms with Crippen molar-refractivity contribution < 1.29 is 0 Å². The van der Waals surface area contributed by atoms with Gasteiger partial charge in [0.05, 0.1) is 0 Å². The van der Waals surface area contributed by atoms with Gasteiger partial charge in [-0.05, 0) is 45.0 Å². The minimum absolute atomic E-state index is 0.416. The Morgan fingerprint density at radius 2 is 0.719 bits per heavy atom. The summed E-state index contributed by atoms with van der Waals surface area (Å²) in [6, 6.07) is 0. The molecule has 0 radical (unpaired) electrons. The second kappa shape index (κ2) is 27.0. The molecule has 6 heteroatoms. The van der Waals surface area contributed by atoms with Crippen LogP contribution in [0.2, 0.25) is 0 Å². The van der Waals surface area contributed by atoms with E-state index >= 15 is 0 Å². The predicted octanol–water partition coefficient (Wildman–Crippen LogP) is 10.9. The molecule has 0 nitrogen and oxygen atoms in total. The third-order valence-corrected chi connectivity index (χ3v) is 13.5. The fraction of sp³-hybridized carbons (Fsp3) is 0.923. The van der Waals surface area contributed by atoms with Crippen molar-refractivity contribution in [3.63, 3.8) is 0 Å². The van der Waals surface area contributed by atoms with Gasteiger partial charge >= 0.3 is 0 Å². The minimum atomic E-state index is -0.416. The molecule has 0 fully saturated rings. The first kappa shape index (κ1) is 33.4. The summed E-state index contributed by atoms with van der Waals surface area (Å²) >= 11 is 20.4. The van der Waals surface area contributed by atoms with Gasteiger partial charge < -0.3 is 0 Å². The molecular formula is C26H50S6. The normalized spacial score (nSPS) is 11.3. The van der Waals surface area contributed by atoms with Gasteiger partial charge in [0.2, 0.25) is 0 Å². The summed E-state index contributed by atoms with van der Waals surface area (Å²) in [5, 5.41) is 0. The van der Waals surface area contributed by atoms with Gasteiger partial charge in [0, 0.05) is 0 Å². The fourth-order valence-corrected chi connectivity index (χ4v) is 9.19. The van der Waals surface area contributed by atoms with Crippen molar-refractivity contribution in [2.24, 2.45) is 0 Å². The predicted molar refractivity (Wildman–Crippen MR) is 169 cm³/mol. The third-order valence-electron chi connectivity index (χ3n) is 5.74. The minimum Gasteiger partial charge on any atom is -0.107 e. The number of thioether (sulfide) groups is 2. The first-order valence-corrected chi connectivity index (χ1v) is 18.3. The van der Waals surface area contributed by atoms with Crippen LogP contribution < -0.4 is 0 Å². The molecule has 0 unspecified atom stereocenters. The first-order chi connectivity index (χ1) is 15.6. The van der Waals surface area contributed by atoms with E-state index in [9.17, 15) is 0 Å². The number of hydrogen-bond donors (Lipinski definition) is 0. The highest BCUT2D eigenvalue weighted by molar-refractivity contribution is 8.69. The van der Waals surface area contributed by atoms with Gasteiger partial charge in [-0.15, -0.1) is 23.5 Å². The Balaban J connectivity index is 3.49. The lowest BCUT2D eigenvalue weighted by Gasteiger charge is -2.08. The van der Waals surface area contributed by atoms with Gasteiger partial charge in [0.25, 0.3) is 0 Å². The van der Waals surface area contributed by atoms with E-state index < -0.39 is 9.45 Å². The molecule has 0 aromatic rings. The maximum absolute atomic E-state index is 5.64. The molecule has 0 saturated heterocycles. The average Bonchev–Trinajstić information content (AvgIpc) is 2.80. The Labute approximate surface area is 228 Å². The molecule has 0 rings (SSSR count). The topological polar surface area (TPSA) is 0 Å². The van der Waals surface area contributed by atoms with E-state index in [0.717, 1.165) is 18.6 Å². The van der Waals surface area contributed by atoms with E-state index in [1.54, 1.807) is 23.5 Å². The van der Waals surface area contributed by atoms with Gasteiger partial charge in [-0.1, -0.05) is 154 Å². The maximum atomic E-state index is 5.64. The first-order valence-electron chi connectivity index (χ1n) is 13.4. The molecule has 0 aliphatic carbocycles. The van der Waals surface area contributed by atoms with E-state index in [1.807, 2.05) is 0 Å². The smallest absolute Gasteiger partial charge is 0.107 e. The number of thiocarbonyl (C=S) groups is 2. The Morgan fingerprint density at radius 1 is 0.469 bits per heavy atom. The molecule has 0 aromatic heterocycles. The van der Waals surface area contributed by atoms with Gasteiger partial charge in [-0.2, -0.15) is 0 Å². The van der Waals surface area contributed by atoms with Crippen LogP contribution in [0.1, 0.15) is 142 Å². The molecule has 0 saturated carbocycles. The van der Waals surface area contributed by atoms with Crippen LogP contribution in [-0.4, -0.2) is 18.6 Å². The highest BCUT2D eigenvalue weighted by atomic mass is 32.8. The molecule has 0 aliphatic heterocycles. The molecule has 190 valence electrons. The maximum Gasteiger partial charge on any atom is 0.114 e. The van der Waals surface area contributed by atoms with Crippen LogP contribution in [0.25, 0.3) is 0 Å². The van der Waals surface area contributed by atoms with Gasteiger partial charge in [0.15, 0.2) is 0 Å². The zero-order chi connectivity index (χ0) is 23.7. The van der Waals surface area contributed by atoms with E-state index in [4.69, 9.17) is 35.6 Å². The summed E-state index contributed by atoms with van der Waals surface area (Å²) in [5.41, 5.74) is 0. The average molecular weight is 555 g/mol. The SMILES string of the molecule is CCCCCCCCCCCCSC(=S)S(=S)C(=S)SCCCCCCCCCCCC. The summed E-state index contributed by atoms with van der Waals surface area (Å²) in [5.74, 6) is 2.22. The second-order valence-electron chi connectivity index (χ2n) is 8.83. The van der Waals surface area contributed by atoms with Crippen LogP contribution in [0.15, 0.2) is 0 Å². The van der Waals surface area contributed by atoms with Gasteiger partial charge in [-0.25, -0.2) is 0 Å². The van der Waals surface area contributed by atoms with Crippen LogP contribution >= 0.6 is 48.0 Å². The van der Waals surface area contributed by atoms with Crippen molar-refractivity contribution >= 4 is 75.7 Å². The molecule has 32 heavy (non-hydrogen) atoms. The van der Waals surface area contributed by atoms with Crippen molar-refractivity contribution in [3.8, 4) is 0 Å². The van der Waals surface area contributed by atoms with Crippen LogP contribution in [0.4, 0.5) is 0 Å². The van der Waals surface area contributed by atoms with E-state index in [2.05, 4.69) is 13.8 Å². The van der Waals surface area contributed by atoms with E-state index in [0.29, 0.717) is 0 Å². The number of rotatable bonds is 22. The third kappa shape index (κ3) is 23.2. The van der Waals surface area contributed by atoms with Crippen LogP contribution in [0, 0.1) is 0 Å². The Hall–Kier alpha value is 1.45. The molecule has 0 N–H and O–H groups in total. The van der Waals surface area contributed by atoms with Crippen molar-refractivity contribution in [2.45, 2.75) is 142 Å². The highest BCUT2D eigenvalue weighted by Gasteiger charge is 2.10. The largest absolute Gasteiger partial charge is 0.114 e. The molecule has 0 aliphatic rings. The van der Waals surface area contributed by atoms with Crippen molar-refractivity contribution in [3.05, 3.63) is 0 Å². The van der Waals surface area contributed by atoms with Crippen molar-refractivity contribution in [1.82, 2.24) is 0 Å². The summed E-state index contributed by atoms with van der Waals surface area (Å²) in [7, 11) is -0.416. The Kier molecular flexibility index (Phi) is 28.3. The zero-order valence-electron chi connectivity index (χ0n) is 21.0. The molecule has 0 aromatic carbocycles. The fourth-order valence-electron chi connectivity index (χ4n) is 3.67. The monoisotopic (exact) mass is 554 g/mol. The lowest BCUT2D eigenvalue weighted by Crippen LogP contribution is -2.07. The zero-order valence-corrected chi connectivity index (χ0v) is 25.9. The van der Waals surface area contributed by atoms with Crippen molar-refractivity contribution in [1.29, 1.82) is 0 Å². The molecule has 0 heterocycles. The standard InChI is InChI=1S/C26H50S6/c1-3-5-7-9-11-13-15-17-19-21-23-30-25(27)32(29)26(28)31-24-22-20-18-16-14-12-10-8-6-4-2/h3-24H2,1-2H3. The molecule has 0 atom stereocenters. The number of hydrogen-bond acceptors (Lipinski definition) is 5. The summed E-state index contributed by atoms with van der Waals surface area (Å²) in [6.45, 7) is 4.56. The summed E-state index contributed by atoms with van der Waals surface area (Å²) in [4.78, 5) is 0. The van der Waals surface area contributed by atoms with E-state index in [1.165, 1.54) is 128 Å². The molecule has 0 spiro atoms. The van der Waals surface area contributed by atoms with Gasteiger partial charge in [0.1, 0.15) is 7.06 Å². The van der Waals surface area contributed by atoms with Crippen LogP contribution in [0.5, 0.6) is 0 Å². The Bertz CT molecular complexity index is 423. The van der Waals surface area contributed by atoms with E-state index in [-0.39, 0.29) is 0 Å². The van der Waals surface area contributed by atoms with Crippen LogP contribution in [0.3, 0.4) is 0 Å². The van der Waals surface area contributed by atoms with Crippen molar-refractivity contribution in [2.75, 3.05) is 11.5 Å². The lowest BCUT2D eigenvalue weighted by atomic mass is 10.1. The summed E-state index contributed by atoms with van der Waals surface area (Å²) < 4.78 is 1.91. The molecule has 0 amide bonds. The Morgan fingerprint density at radius 3 is 1.00 bits per heavy atom. The summed E-state index contributed by atoms with van der Waals surface area (Å²) in [6.07, 6.45) is 27.6. The molecule has 0 bridgehead atoms. The van der Waals surface area contributed by atoms with Crippen LogP contribution in [-0.2, 0) is 20.6 Å². The highest BCUT2D eigenvalue weighted by Crippen LogP contribution is 2.20. The quantitative estimate of drug-likeness (QED) is 0.0960. The number of unbranched alkanes of at least 4 members (excludes halogenated alkanes) is 18. The second-order valence-corrected chi connectivity index (χ2v) is 15.8. The lowest BCUT2D eigenvalue weighted by molar-refractivity contribution is 0.563. The molecular weight excluding hydrogens is 505 g/mol. The van der Waals surface area contributed by atoms with Gasteiger partial charge in [-0.3, -0.25) is 0 Å².